The first-order chi connectivity index (χ1) is 11.6. The van der Waals surface area contributed by atoms with Crippen LogP contribution in [0.3, 0.4) is 0 Å². The maximum Gasteiger partial charge on any atom is 0.238 e. The Hall–Kier alpha value is -1.94. The minimum Gasteiger partial charge on any atom is -0.363 e. The molecule has 0 saturated carbocycles. The Bertz CT molecular complexity index is 729. The lowest BCUT2D eigenvalue weighted by atomic mass is 10.3. The predicted molar refractivity (Wildman–Crippen MR) is 97.4 cm³/mol. The molecular formula is C15H26N6O3S. The van der Waals surface area contributed by atoms with Gasteiger partial charge in [0.15, 0.2) is 0 Å². The van der Waals surface area contributed by atoms with Crippen LogP contribution >= 0.6 is 0 Å². The van der Waals surface area contributed by atoms with Crippen LogP contribution in [-0.4, -0.2) is 93.6 Å². The van der Waals surface area contributed by atoms with Gasteiger partial charge in [0, 0.05) is 59.1 Å². The van der Waals surface area contributed by atoms with E-state index in [9.17, 15) is 13.2 Å². The molecule has 1 amide bonds. The minimum atomic E-state index is -3.36. The lowest BCUT2D eigenvalue weighted by Crippen LogP contribution is -2.51. The molecule has 0 N–H and O–H groups in total. The smallest absolute Gasteiger partial charge is 0.238 e. The first kappa shape index (κ1) is 19.4. The van der Waals surface area contributed by atoms with E-state index in [1.165, 1.54) is 7.05 Å². The van der Waals surface area contributed by atoms with Crippen molar-refractivity contribution in [3.05, 3.63) is 11.8 Å². The molecule has 0 unspecified atom stereocenters. The van der Waals surface area contributed by atoms with Gasteiger partial charge in [-0.05, 0) is 6.92 Å². The van der Waals surface area contributed by atoms with Gasteiger partial charge in [-0.15, -0.1) is 0 Å². The van der Waals surface area contributed by atoms with E-state index in [1.807, 2.05) is 36.9 Å². The number of hydrogen-bond donors (Lipinski definition) is 0. The van der Waals surface area contributed by atoms with Gasteiger partial charge in [0.2, 0.25) is 21.9 Å². The van der Waals surface area contributed by atoms with Gasteiger partial charge >= 0.3 is 0 Å². The number of likely N-dealkylation sites (N-methyl/N-ethyl adjacent to an activating group) is 1. The molecule has 25 heavy (non-hydrogen) atoms. The quantitative estimate of drug-likeness (QED) is 0.683. The second-order valence-electron chi connectivity index (χ2n) is 6.45. The number of piperazine rings is 1. The maximum atomic E-state index is 12.3. The zero-order valence-electron chi connectivity index (χ0n) is 15.4. The Kier molecular flexibility index (Phi) is 5.83. The SMILES string of the molecule is Cc1cc(N(C)C)nc(N2CCN(C(=O)CN(C)S(C)(=O)=O)CC2)n1. The van der Waals surface area contributed by atoms with Crippen LogP contribution in [0.4, 0.5) is 11.8 Å². The fraction of sp³-hybridized carbons (Fsp3) is 0.667. The summed E-state index contributed by atoms with van der Waals surface area (Å²) >= 11 is 0. The van der Waals surface area contributed by atoms with Crippen molar-refractivity contribution >= 4 is 27.7 Å². The van der Waals surface area contributed by atoms with Crippen LogP contribution < -0.4 is 9.80 Å². The maximum absolute atomic E-state index is 12.3. The van der Waals surface area contributed by atoms with Crippen molar-refractivity contribution in [2.75, 3.05) is 69.9 Å². The van der Waals surface area contributed by atoms with Crippen LogP contribution in [0.25, 0.3) is 0 Å². The molecule has 0 radical (unpaired) electrons. The van der Waals surface area contributed by atoms with Crippen molar-refractivity contribution in [3.8, 4) is 0 Å². The van der Waals surface area contributed by atoms with Crippen LogP contribution in [0.1, 0.15) is 5.69 Å². The molecule has 0 bridgehead atoms. The second kappa shape index (κ2) is 7.52. The van der Waals surface area contributed by atoms with Crippen LogP contribution in [0.2, 0.25) is 0 Å². The third kappa shape index (κ3) is 5.02. The molecule has 0 atom stereocenters. The summed E-state index contributed by atoms with van der Waals surface area (Å²) in [5.41, 5.74) is 0.891. The Morgan fingerprint density at radius 3 is 2.28 bits per heavy atom. The number of aromatic nitrogens is 2. The van der Waals surface area contributed by atoms with Gasteiger partial charge in [0.1, 0.15) is 5.82 Å². The average molecular weight is 370 g/mol. The highest BCUT2D eigenvalue weighted by molar-refractivity contribution is 7.88. The van der Waals surface area contributed by atoms with Gasteiger partial charge in [0.25, 0.3) is 0 Å². The summed E-state index contributed by atoms with van der Waals surface area (Å²) in [7, 11) is 1.91. The van der Waals surface area contributed by atoms with E-state index in [-0.39, 0.29) is 12.5 Å². The van der Waals surface area contributed by atoms with Gasteiger partial charge < -0.3 is 14.7 Å². The standard InChI is InChI=1S/C15H26N6O3S/c1-12-10-13(18(2)3)17-15(16-12)21-8-6-20(7-9-21)14(22)11-19(4)25(5,23)24/h10H,6-9,11H2,1-5H3. The zero-order valence-corrected chi connectivity index (χ0v) is 16.2. The van der Waals surface area contributed by atoms with E-state index in [0.717, 1.165) is 22.1 Å². The number of hydrogen-bond acceptors (Lipinski definition) is 7. The molecule has 1 aliphatic heterocycles. The number of aryl methyl sites for hydroxylation is 1. The van der Waals surface area contributed by atoms with Crippen LogP contribution in [0.5, 0.6) is 0 Å². The molecule has 9 nitrogen and oxygen atoms in total. The first-order valence-electron chi connectivity index (χ1n) is 8.05. The van der Waals surface area contributed by atoms with Crippen LogP contribution in [0, 0.1) is 6.92 Å². The predicted octanol–water partition coefficient (Wildman–Crippen LogP) is -0.609. The highest BCUT2D eigenvalue weighted by atomic mass is 32.2. The van der Waals surface area contributed by atoms with Crippen molar-refractivity contribution in [1.29, 1.82) is 0 Å². The van der Waals surface area contributed by atoms with Crippen molar-refractivity contribution in [2.45, 2.75) is 6.92 Å². The molecule has 1 aliphatic rings. The van der Waals surface area contributed by atoms with Crippen molar-refractivity contribution < 1.29 is 13.2 Å². The molecular weight excluding hydrogens is 344 g/mol. The number of amides is 1. The fourth-order valence-corrected chi connectivity index (χ4v) is 2.82. The molecule has 140 valence electrons. The number of sulfonamides is 1. The van der Waals surface area contributed by atoms with Gasteiger partial charge in [0.05, 0.1) is 12.8 Å². The number of rotatable bonds is 5. The van der Waals surface area contributed by atoms with Gasteiger partial charge in [-0.25, -0.2) is 13.4 Å². The lowest BCUT2D eigenvalue weighted by molar-refractivity contribution is -0.131. The minimum absolute atomic E-state index is 0.134. The normalized spacial score (nSPS) is 15.6. The molecule has 2 rings (SSSR count). The van der Waals surface area contributed by atoms with E-state index in [0.29, 0.717) is 32.1 Å². The number of nitrogens with zero attached hydrogens (tertiary/aromatic N) is 6. The molecule has 0 spiro atoms. The third-order valence-corrected chi connectivity index (χ3v) is 5.39. The van der Waals surface area contributed by atoms with E-state index in [4.69, 9.17) is 0 Å². The topological polar surface area (TPSA) is 90.0 Å². The van der Waals surface area contributed by atoms with E-state index < -0.39 is 10.0 Å². The van der Waals surface area contributed by atoms with Gasteiger partial charge in [-0.3, -0.25) is 4.79 Å². The summed E-state index contributed by atoms with van der Waals surface area (Å²) in [6, 6.07) is 1.92. The third-order valence-electron chi connectivity index (χ3n) is 4.13. The average Bonchev–Trinajstić information content (AvgIpc) is 2.53. The molecule has 1 aromatic heterocycles. The highest BCUT2D eigenvalue weighted by Gasteiger charge is 2.25. The van der Waals surface area contributed by atoms with Crippen molar-refractivity contribution in [2.24, 2.45) is 0 Å². The molecule has 1 aromatic rings. The largest absolute Gasteiger partial charge is 0.363 e. The molecule has 10 heteroatoms. The number of carbonyl (C=O) groups is 1. The summed E-state index contributed by atoms with van der Waals surface area (Å²) in [6.07, 6.45) is 1.09. The first-order valence-corrected chi connectivity index (χ1v) is 9.90. The van der Waals surface area contributed by atoms with Gasteiger partial charge in [-0.1, -0.05) is 0 Å². The zero-order chi connectivity index (χ0) is 18.8. The van der Waals surface area contributed by atoms with Crippen LogP contribution in [-0.2, 0) is 14.8 Å². The summed E-state index contributed by atoms with van der Waals surface area (Å²) in [6.45, 7) is 4.06. The Balaban J connectivity index is 1.99. The Labute approximate surface area is 149 Å². The summed E-state index contributed by atoms with van der Waals surface area (Å²) in [5, 5.41) is 0. The number of anilines is 2. The van der Waals surface area contributed by atoms with Crippen molar-refractivity contribution in [1.82, 2.24) is 19.2 Å². The Morgan fingerprint density at radius 1 is 1.16 bits per heavy atom. The fourth-order valence-electron chi connectivity index (χ4n) is 2.47. The second-order valence-corrected chi connectivity index (χ2v) is 8.54. The molecule has 1 saturated heterocycles. The molecule has 0 aliphatic carbocycles. The van der Waals surface area contributed by atoms with Gasteiger partial charge in [-0.2, -0.15) is 9.29 Å². The van der Waals surface area contributed by atoms with E-state index in [1.54, 1.807) is 4.90 Å². The van der Waals surface area contributed by atoms with E-state index in [2.05, 4.69) is 9.97 Å². The molecule has 0 aromatic carbocycles. The summed E-state index contributed by atoms with van der Waals surface area (Å²) in [5.74, 6) is 1.31. The Morgan fingerprint density at radius 2 is 1.76 bits per heavy atom. The van der Waals surface area contributed by atoms with Crippen LogP contribution in [0.15, 0.2) is 6.07 Å². The number of carbonyl (C=O) groups excluding carboxylic acids is 1. The van der Waals surface area contributed by atoms with Crippen molar-refractivity contribution in [3.63, 3.8) is 0 Å². The molecule has 2 heterocycles. The monoisotopic (exact) mass is 370 g/mol. The summed E-state index contributed by atoms with van der Waals surface area (Å²) in [4.78, 5) is 27.0. The summed E-state index contributed by atoms with van der Waals surface area (Å²) < 4.78 is 23.9. The van der Waals surface area contributed by atoms with E-state index >= 15 is 0 Å². The lowest BCUT2D eigenvalue weighted by Gasteiger charge is -2.35. The highest BCUT2D eigenvalue weighted by Crippen LogP contribution is 2.17. The molecule has 1 fully saturated rings.